The Kier molecular flexibility index (Phi) is 2.19. The van der Waals surface area contributed by atoms with Crippen molar-refractivity contribution in [2.45, 2.75) is 6.10 Å². The van der Waals surface area contributed by atoms with Gasteiger partial charge in [0.25, 0.3) is 0 Å². The van der Waals surface area contributed by atoms with Crippen LogP contribution in [0.4, 0.5) is 0 Å². The average molecular weight is 129 g/mol. The van der Waals surface area contributed by atoms with Crippen molar-refractivity contribution in [3.63, 3.8) is 0 Å². The Morgan fingerprint density at radius 1 is 1.89 bits per heavy atom. The van der Waals surface area contributed by atoms with Gasteiger partial charge in [-0.15, -0.1) is 0 Å². The quantitative estimate of drug-likeness (QED) is 0.493. The molecule has 0 aromatic heterocycles. The summed E-state index contributed by atoms with van der Waals surface area (Å²) in [5, 5.41) is 0. The summed E-state index contributed by atoms with van der Waals surface area (Å²) in [5.41, 5.74) is 0. The van der Waals surface area contributed by atoms with Gasteiger partial charge < -0.3 is 9.47 Å². The van der Waals surface area contributed by atoms with Gasteiger partial charge in [0.15, 0.2) is 5.78 Å². The second-order valence-electron chi connectivity index (χ2n) is 2.01. The van der Waals surface area contributed by atoms with E-state index in [0.29, 0.717) is 6.61 Å². The molecular weight excluding hydrogens is 120 g/mol. The van der Waals surface area contributed by atoms with Gasteiger partial charge in [-0.2, -0.15) is 0 Å². The molecule has 1 aliphatic rings. The topological polar surface area (TPSA) is 38.8 Å². The van der Waals surface area contributed by atoms with Crippen molar-refractivity contribution in [2.75, 3.05) is 19.8 Å². The zero-order valence-corrected chi connectivity index (χ0v) is 5.13. The highest BCUT2D eigenvalue weighted by molar-refractivity contribution is 5.83. The number of epoxide rings is 1. The van der Waals surface area contributed by atoms with Gasteiger partial charge in [-0.25, -0.2) is 0 Å². The molecule has 0 aliphatic carbocycles. The lowest BCUT2D eigenvalue weighted by molar-refractivity contribution is -0.119. The van der Waals surface area contributed by atoms with Crippen LogP contribution in [0, 0.1) is 6.92 Å². The fourth-order valence-electron chi connectivity index (χ4n) is 0.468. The van der Waals surface area contributed by atoms with Crippen LogP contribution < -0.4 is 0 Å². The fourth-order valence-corrected chi connectivity index (χ4v) is 0.468. The maximum atomic E-state index is 10.2. The Hall–Kier alpha value is -0.410. The first-order chi connectivity index (χ1) is 4.29. The number of ketones is 1. The molecular formula is C6H9O3. The van der Waals surface area contributed by atoms with Crippen molar-refractivity contribution in [3.05, 3.63) is 6.92 Å². The van der Waals surface area contributed by atoms with E-state index in [4.69, 9.17) is 9.47 Å². The molecule has 1 fully saturated rings. The van der Waals surface area contributed by atoms with Gasteiger partial charge in [0, 0.05) is 6.92 Å². The van der Waals surface area contributed by atoms with E-state index < -0.39 is 0 Å². The molecule has 0 amide bonds. The van der Waals surface area contributed by atoms with Gasteiger partial charge in [-0.1, -0.05) is 0 Å². The molecule has 3 nitrogen and oxygen atoms in total. The maximum Gasteiger partial charge on any atom is 0.158 e. The zero-order valence-electron chi connectivity index (χ0n) is 5.13. The summed E-state index contributed by atoms with van der Waals surface area (Å²) in [7, 11) is 0. The van der Waals surface area contributed by atoms with E-state index in [-0.39, 0.29) is 18.5 Å². The van der Waals surface area contributed by atoms with Gasteiger partial charge in [-0.05, 0) is 0 Å². The predicted molar refractivity (Wildman–Crippen MR) is 30.9 cm³/mol. The maximum absolute atomic E-state index is 10.2. The number of hydrogen-bond donors (Lipinski definition) is 0. The summed E-state index contributed by atoms with van der Waals surface area (Å²) in [6, 6.07) is 0. The Labute approximate surface area is 53.9 Å². The molecule has 1 rings (SSSR count). The molecule has 0 saturated carbocycles. The lowest BCUT2D eigenvalue weighted by Crippen LogP contribution is -2.08. The van der Waals surface area contributed by atoms with E-state index in [0.717, 1.165) is 6.61 Å². The third kappa shape index (κ3) is 3.21. The molecule has 1 heterocycles. The minimum absolute atomic E-state index is 0.111. The second-order valence-corrected chi connectivity index (χ2v) is 2.01. The van der Waals surface area contributed by atoms with E-state index in [1.54, 1.807) is 0 Å². The summed E-state index contributed by atoms with van der Waals surface area (Å²) < 4.78 is 9.72. The number of carbonyl (C=O) groups is 1. The summed E-state index contributed by atoms with van der Waals surface area (Å²) in [4.78, 5) is 10.2. The number of rotatable bonds is 4. The van der Waals surface area contributed by atoms with E-state index in [1.807, 2.05) is 0 Å². The molecule has 0 N–H and O–H groups in total. The Balaban J connectivity index is 1.86. The SMILES string of the molecule is [CH2]C(=O)COCC1CO1. The highest BCUT2D eigenvalue weighted by Gasteiger charge is 2.22. The standard InChI is InChI=1S/C6H9O3/c1-5(7)2-8-3-6-4-9-6/h6H,1-4H2. The number of carbonyl (C=O) groups excluding carboxylic acids is 1. The summed E-state index contributed by atoms with van der Waals surface area (Å²) >= 11 is 0. The predicted octanol–water partition coefficient (Wildman–Crippen LogP) is -0.195. The van der Waals surface area contributed by atoms with Crippen LogP contribution in [0.5, 0.6) is 0 Å². The van der Waals surface area contributed by atoms with Crippen molar-refractivity contribution >= 4 is 5.78 Å². The van der Waals surface area contributed by atoms with Crippen LogP contribution in [0.15, 0.2) is 0 Å². The molecule has 51 valence electrons. The van der Waals surface area contributed by atoms with E-state index >= 15 is 0 Å². The highest BCUT2D eigenvalue weighted by Crippen LogP contribution is 2.07. The number of Topliss-reactive ketones (excluding diaryl/α,β-unsaturated/α-hetero) is 1. The molecule has 0 spiro atoms. The summed E-state index contributed by atoms with van der Waals surface area (Å²) in [6.45, 7) is 4.56. The third-order valence-corrected chi connectivity index (χ3v) is 0.969. The number of hydrogen-bond acceptors (Lipinski definition) is 3. The average Bonchev–Trinajstić information content (AvgIpc) is 2.48. The number of ether oxygens (including phenoxy) is 2. The minimum atomic E-state index is -0.185. The first-order valence-electron chi connectivity index (χ1n) is 2.83. The lowest BCUT2D eigenvalue weighted by atomic mass is 10.5. The molecule has 0 bridgehead atoms. The Morgan fingerprint density at radius 3 is 3.00 bits per heavy atom. The minimum Gasteiger partial charge on any atom is -0.371 e. The third-order valence-electron chi connectivity index (χ3n) is 0.969. The van der Waals surface area contributed by atoms with Crippen LogP contribution in [-0.4, -0.2) is 31.7 Å². The monoisotopic (exact) mass is 129 g/mol. The molecule has 3 heteroatoms. The Bertz CT molecular complexity index is 107. The van der Waals surface area contributed by atoms with Crippen molar-refractivity contribution in [1.82, 2.24) is 0 Å². The van der Waals surface area contributed by atoms with Crippen LogP contribution in [0.3, 0.4) is 0 Å². The van der Waals surface area contributed by atoms with Crippen molar-refractivity contribution in [1.29, 1.82) is 0 Å². The molecule has 1 aliphatic heterocycles. The van der Waals surface area contributed by atoms with Crippen LogP contribution in [-0.2, 0) is 14.3 Å². The van der Waals surface area contributed by atoms with Crippen LogP contribution in [0.2, 0.25) is 0 Å². The van der Waals surface area contributed by atoms with E-state index in [1.165, 1.54) is 0 Å². The first-order valence-corrected chi connectivity index (χ1v) is 2.83. The van der Waals surface area contributed by atoms with E-state index in [9.17, 15) is 4.79 Å². The fraction of sp³-hybridized carbons (Fsp3) is 0.667. The van der Waals surface area contributed by atoms with Crippen molar-refractivity contribution in [2.24, 2.45) is 0 Å². The lowest BCUT2D eigenvalue weighted by Gasteiger charge is -1.94. The van der Waals surface area contributed by atoms with Gasteiger partial charge in [-0.3, -0.25) is 4.79 Å². The first kappa shape index (κ1) is 6.71. The van der Waals surface area contributed by atoms with Crippen molar-refractivity contribution < 1.29 is 14.3 Å². The van der Waals surface area contributed by atoms with Crippen LogP contribution in [0.25, 0.3) is 0 Å². The normalized spacial score (nSPS) is 23.9. The summed E-state index contributed by atoms with van der Waals surface area (Å²) in [5.74, 6) is -0.185. The van der Waals surface area contributed by atoms with Gasteiger partial charge in [0.05, 0.1) is 13.2 Å². The summed E-state index contributed by atoms with van der Waals surface area (Å²) in [6.07, 6.45) is 0.240. The molecule has 0 aromatic rings. The highest BCUT2D eigenvalue weighted by atomic mass is 16.6. The van der Waals surface area contributed by atoms with Gasteiger partial charge in [0.2, 0.25) is 0 Å². The smallest absolute Gasteiger partial charge is 0.158 e. The van der Waals surface area contributed by atoms with Crippen LogP contribution in [0.1, 0.15) is 0 Å². The molecule has 1 radical (unpaired) electrons. The molecule has 1 unspecified atom stereocenters. The molecule has 0 aromatic carbocycles. The van der Waals surface area contributed by atoms with Crippen molar-refractivity contribution in [3.8, 4) is 0 Å². The Morgan fingerprint density at radius 2 is 2.56 bits per heavy atom. The van der Waals surface area contributed by atoms with Gasteiger partial charge in [0.1, 0.15) is 12.7 Å². The second kappa shape index (κ2) is 2.94. The van der Waals surface area contributed by atoms with E-state index in [2.05, 4.69) is 6.92 Å². The van der Waals surface area contributed by atoms with Gasteiger partial charge >= 0.3 is 0 Å². The van der Waals surface area contributed by atoms with Crippen LogP contribution >= 0.6 is 0 Å². The molecule has 1 saturated heterocycles. The molecule has 9 heavy (non-hydrogen) atoms. The molecule has 1 atom stereocenters. The zero-order chi connectivity index (χ0) is 6.69. The largest absolute Gasteiger partial charge is 0.371 e.